The molecule has 0 radical (unpaired) electrons. The molecule has 0 N–H and O–H groups in total. The van der Waals surface area contributed by atoms with Gasteiger partial charge in [-0.1, -0.05) is 12.1 Å². The molecule has 1 fully saturated rings. The molecule has 144 valence electrons. The second-order valence-electron chi connectivity index (χ2n) is 8.32. The predicted molar refractivity (Wildman–Crippen MR) is 100 cm³/mol. The number of carbonyl (C=O) groups is 2. The van der Waals surface area contributed by atoms with E-state index in [0.717, 1.165) is 18.7 Å². The van der Waals surface area contributed by atoms with E-state index in [1.165, 1.54) is 7.11 Å². The van der Waals surface area contributed by atoms with E-state index in [9.17, 15) is 9.59 Å². The third-order valence-electron chi connectivity index (χ3n) is 4.47. The maximum absolute atomic E-state index is 12.3. The van der Waals surface area contributed by atoms with Crippen LogP contribution in [0.5, 0.6) is 0 Å². The average molecular weight is 362 g/mol. The highest BCUT2D eigenvalue weighted by Crippen LogP contribution is 2.25. The number of rotatable bonds is 3. The van der Waals surface area contributed by atoms with Crippen LogP contribution in [0, 0.1) is 0 Å². The number of amides is 1. The molecule has 0 saturated carbocycles. The van der Waals surface area contributed by atoms with Gasteiger partial charge in [-0.05, 0) is 52.3 Å². The van der Waals surface area contributed by atoms with Crippen LogP contribution in [-0.2, 0) is 16.0 Å². The minimum absolute atomic E-state index is 0.170. The van der Waals surface area contributed by atoms with Gasteiger partial charge in [0, 0.05) is 31.7 Å². The van der Waals surface area contributed by atoms with E-state index in [1.807, 2.05) is 32.9 Å². The summed E-state index contributed by atoms with van der Waals surface area (Å²) in [4.78, 5) is 28.0. The summed E-state index contributed by atoms with van der Waals surface area (Å²) >= 11 is 0. The Morgan fingerprint density at radius 2 is 1.73 bits per heavy atom. The van der Waals surface area contributed by atoms with Crippen LogP contribution >= 0.6 is 0 Å². The molecule has 6 heteroatoms. The maximum atomic E-state index is 12.3. The van der Waals surface area contributed by atoms with E-state index < -0.39 is 5.60 Å². The smallest absolute Gasteiger partial charge is 0.410 e. The first-order chi connectivity index (χ1) is 12.0. The Labute approximate surface area is 156 Å². The van der Waals surface area contributed by atoms with Gasteiger partial charge in [0.25, 0.3) is 0 Å². The van der Waals surface area contributed by atoms with Crippen LogP contribution in [-0.4, -0.2) is 59.7 Å². The molecule has 0 bridgehead atoms. The van der Waals surface area contributed by atoms with Gasteiger partial charge in [0.2, 0.25) is 0 Å². The molecule has 0 aromatic heterocycles. The van der Waals surface area contributed by atoms with Crippen LogP contribution in [0.15, 0.2) is 24.3 Å². The molecule has 1 aromatic rings. The fraction of sp³-hybridized carbons (Fsp3) is 0.600. The number of piperazine rings is 1. The summed E-state index contributed by atoms with van der Waals surface area (Å²) in [5.74, 6) is -0.331. The van der Waals surface area contributed by atoms with Crippen molar-refractivity contribution in [1.29, 1.82) is 0 Å². The molecule has 1 aliphatic rings. The molecule has 0 aliphatic carbocycles. The molecule has 1 saturated heterocycles. The lowest BCUT2D eigenvalue weighted by Gasteiger charge is -2.47. The summed E-state index contributed by atoms with van der Waals surface area (Å²) in [5, 5.41) is 0. The summed E-state index contributed by atoms with van der Waals surface area (Å²) in [6.07, 6.45) is -0.257. The predicted octanol–water partition coefficient (Wildman–Crippen LogP) is 3.30. The monoisotopic (exact) mass is 362 g/mol. The highest BCUT2D eigenvalue weighted by molar-refractivity contribution is 5.89. The van der Waals surface area contributed by atoms with Gasteiger partial charge in [0.1, 0.15) is 5.60 Å². The first-order valence-electron chi connectivity index (χ1n) is 8.92. The van der Waals surface area contributed by atoms with Gasteiger partial charge in [-0.2, -0.15) is 0 Å². The zero-order chi connectivity index (χ0) is 19.5. The van der Waals surface area contributed by atoms with Crippen LogP contribution < -0.4 is 0 Å². The fourth-order valence-electron chi connectivity index (χ4n) is 3.05. The Morgan fingerprint density at radius 3 is 2.23 bits per heavy atom. The summed E-state index contributed by atoms with van der Waals surface area (Å²) in [7, 11) is 1.38. The van der Waals surface area contributed by atoms with E-state index >= 15 is 0 Å². The molecule has 26 heavy (non-hydrogen) atoms. The van der Waals surface area contributed by atoms with Crippen molar-refractivity contribution >= 4 is 12.1 Å². The molecule has 0 spiro atoms. The Hall–Kier alpha value is -2.08. The van der Waals surface area contributed by atoms with Crippen molar-refractivity contribution in [3.05, 3.63) is 35.4 Å². The number of carbonyl (C=O) groups excluding carboxylic acids is 2. The van der Waals surface area contributed by atoms with Gasteiger partial charge in [0.15, 0.2) is 0 Å². The Kier molecular flexibility index (Phi) is 5.96. The van der Waals surface area contributed by atoms with Crippen molar-refractivity contribution in [3.63, 3.8) is 0 Å². The van der Waals surface area contributed by atoms with Crippen molar-refractivity contribution < 1.29 is 19.1 Å². The summed E-state index contributed by atoms with van der Waals surface area (Å²) in [6, 6.07) is 7.46. The lowest BCUT2D eigenvalue weighted by Crippen LogP contribution is -2.60. The Morgan fingerprint density at radius 1 is 1.12 bits per heavy atom. The van der Waals surface area contributed by atoms with Gasteiger partial charge in [-0.15, -0.1) is 0 Å². The van der Waals surface area contributed by atoms with Crippen molar-refractivity contribution in [2.24, 2.45) is 0 Å². The normalized spacial score (nSPS) is 17.7. The number of hydrogen-bond acceptors (Lipinski definition) is 5. The second-order valence-corrected chi connectivity index (χ2v) is 8.32. The van der Waals surface area contributed by atoms with Crippen LogP contribution in [0.4, 0.5) is 4.79 Å². The Bertz CT molecular complexity index is 647. The molecule has 1 heterocycles. The lowest BCUT2D eigenvalue weighted by atomic mass is 9.97. The van der Waals surface area contributed by atoms with E-state index in [4.69, 9.17) is 9.47 Å². The Balaban J connectivity index is 2.00. The number of benzene rings is 1. The number of esters is 1. The topological polar surface area (TPSA) is 59.1 Å². The van der Waals surface area contributed by atoms with Crippen LogP contribution in [0.25, 0.3) is 0 Å². The van der Waals surface area contributed by atoms with Crippen molar-refractivity contribution in [1.82, 2.24) is 9.80 Å². The van der Waals surface area contributed by atoms with Crippen LogP contribution in [0.3, 0.4) is 0 Å². The van der Waals surface area contributed by atoms with Gasteiger partial charge in [0.05, 0.1) is 12.7 Å². The van der Waals surface area contributed by atoms with Gasteiger partial charge in [-0.25, -0.2) is 9.59 Å². The van der Waals surface area contributed by atoms with Gasteiger partial charge in [-0.3, -0.25) is 4.90 Å². The van der Waals surface area contributed by atoms with E-state index in [0.29, 0.717) is 18.7 Å². The highest BCUT2D eigenvalue weighted by Gasteiger charge is 2.37. The zero-order valence-corrected chi connectivity index (χ0v) is 16.7. The first kappa shape index (κ1) is 20.2. The third-order valence-corrected chi connectivity index (χ3v) is 4.47. The number of methoxy groups -OCH3 is 1. The maximum Gasteiger partial charge on any atom is 0.410 e. The van der Waals surface area contributed by atoms with E-state index in [1.54, 1.807) is 17.0 Å². The van der Waals surface area contributed by atoms with Gasteiger partial charge < -0.3 is 14.4 Å². The SMILES string of the molecule is COC(=O)c1ccc(CN2CCN(C(=O)OC(C)(C)C)CC2(C)C)cc1. The number of ether oxygens (including phenoxy) is 2. The molecule has 6 nitrogen and oxygen atoms in total. The van der Waals surface area contributed by atoms with Gasteiger partial charge >= 0.3 is 12.1 Å². The molecule has 0 atom stereocenters. The second kappa shape index (κ2) is 7.66. The molecule has 0 unspecified atom stereocenters. The number of hydrogen-bond donors (Lipinski definition) is 0. The summed E-state index contributed by atoms with van der Waals surface area (Å²) in [5.41, 5.74) is 1.01. The zero-order valence-electron chi connectivity index (χ0n) is 16.7. The molecule has 1 aromatic carbocycles. The lowest BCUT2D eigenvalue weighted by molar-refractivity contribution is -0.0177. The molecule has 1 aliphatic heterocycles. The molecular weight excluding hydrogens is 332 g/mol. The first-order valence-corrected chi connectivity index (χ1v) is 8.92. The molecule has 1 amide bonds. The fourth-order valence-corrected chi connectivity index (χ4v) is 3.05. The number of nitrogens with zero attached hydrogens (tertiary/aromatic N) is 2. The summed E-state index contributed by atoms with van der Waals surface area (Å²) < 4.78 is 10.2. The molecular formula is C20H30N2O4. The van der Waals surface area contributed by atoms with Crippen LogP contribution in [0.2, 0.25) is 0 Å². The largest absolute Gasteiger partial charge is 0.465 e. The average Bonchev–Trinajstić information content (AvgIpc) is 2.54. The minimum Gasteiger partial charge on any atom is -0.465 e. The van der Waals surface area contributed by atoms with E-state index in [-0.39, 0.29) is 17.6 Å². The molecule has 2 rings (SSSR count). The van der Waals surface area contributed by atoms with Crippen molar-refractivity contribution in [2.45, 2.75) is 52.3 Å². The minimum atomic E-state index is -0.486. The van der Waals surface area contributed by atoms with E-state index in [2.05, 4.69) is 18.7 Å². The van der Waals surface area contributed by atoms with Crippen molar-refractivity contribution in [2.75, 3.05) is 26.7 Å². The van der Waals surface area contributed by atoms with Crippen molar-refractivity contribution in [3.8, 4) is 0 Å². The quantitative estimate of drug-likeness (QED) is 0.772. The summed E-state index contributed by atoms with van der Waals surface area (Å²) in [6.45, 7) is 12.7. The van der Waals surface area contributed by atoms with Crippen LogP contribution in [0.1, 0.15) is 50.5 Å². The third kappa shape index (κ3) is 5.21. The highest BCUT2D eigenvalue weighted by atomic mass is 16.6. The standard InChI is InChI=1S/C20H30N2O4/c1-19(2,3)26-18(24)21-11-12-22(20(4,5)14-21)13-15-7-9-16(10-8-15)17(23)25-6/h7-10H,11-14H2,1-6H3.